The molecule has 2 aromatic rings. The Kier molecular flexibility index (Phi) is 7.01. The van der Waals surface area contributed by atoms with Crippen molar-refractivity contribution in [1.29, 1.82) is 0 Å². The number of rotatable bonds is 7. The van der Waals surface area contributed by atoms with Crippen LogP contribution in [0.4, 0.5) is 0 Å². The summed E-state index contributed by atoms with van der Waals surface area (Å²) in [5.41, 5.74) is 2.05. The van der Waals surface area contributed by atoms with Gasteiger partial charge in [-0.2, -0.15) is 5.10 Å². The summed E-state index contributed by atoms with van der Waals surface area (Å²) >= 11 is 6.29. The normalized spacial score (nSPS) is 15.1. The van der Waals surface area contributed by atoms with Gasteiger partial charge >= 0.3 is 0 Å². The van der Waals surface area contributed by atoms with Crippen molar-refractivity contribution in [3.05, 3.63) is 52.5 Å². The third-order valence-corrected chi connectivity index (χ3v) is 5.31. The molecule has 1 N–H and O–H groups in total. The van der Waals surface area contributed by atoms with Gasteiger partial charge in [0.15, 0.2) is 11.5 Å². The minimum Gasteiger partial charge on any atom is -0.493 e. The van der Waals surface area contributed by atoms with Crippen LogP contribution in [-0.4, -0.2) is 58.7 Å². The van der Waals surface area contributed by atoms with Gasteiger partial charge in [-0.25, -0.2) is 0 Å². The Balaban J connectivity index is 1.62. The second-order valence-electron chi connectivity index (χ2n) is 6.64. The predicted molar refractivity (Wildman–Crippen MR) is 111 cm³/mol. The average Bonchev–Trinajstić information content (AvgIpc) is 2.74. The second kappa shape index (κ2) is 9.66. The molecular weight excluding hydrogens is 378 g/mol. The first-order chi connectivity index (χ1) is 13.7. The van der Waals surface area contributed by atoms with Crippen molar-refractivity contribution >= 4 is 17.8 Å². The first-order valence-electron chi connectivity index (χ1n) is 9.31. The zero-order chi connectivity index (χ0) is 19.9. The fourth-order valence-electron chi connectivity index (χ4n) is 3.38. The summed E-state index contributed by atoms with van der Waals surface area (Å²) < 4.78 is 16.3. The highest BCUT2D eigenvalue weighted by molar-refractivity contribution is 6.31. The molecule has 0 saturated carbocycles. The molecule has 0 bridgehead atoms. The van der Waals surface area contributed by atoms with E-state index in [4.69, 9.17) is 25.8 Å². The van der Waals surface area contributed by atoms with E-state index in [1.54, 1.807) is 21.3 Å². The number of methoxy groups -OCH3 is 3. The summed E-state index contributed by atoms with van der Waals surface area (Å²) in [5, 5.41) is 7.58. The average molecular weight is 405 g/mol. The second-order valence-corrected chi connectivity index (χ2v) is 7.05. The molecule has 2 aromatic carbocycles. The molecule has 1 aliphatic heterocycles. The van der Waals surface area contributed by atoms with E-state index in [1.165, 1.54) is 10.5 Å². The first kappa shape index (κ1) is 20.3. The summed E-state index contributed by atoms with van der Waals surface area (Å²) in [6, 6.07) is 11.8. The van der Waals surface area contributed by atoms with E-state index in [-0.39, 0.29) is 0 Å². The summed E-state index contributed by atoms with van der Waals surface area (Å²) in [4.78, 5) is 1.52. The van der Waals surface area contributed by atoms with Gasteiger partial charge in [0, 0.05) is 16.1 Å². The van der Waals surface area contributed by atoms with Crippen molar-refractivity contribution in [3.63, 3.8) is 0 Å². The van der Waals surface area contributed by atoms with Crippen molar-refractivity contribution in [2.24, 2.45) is 5.10 Å². The van der Waals surface area contributed by atoms with Crippen LogP contribution < -0.4 is 19.1 Å². The number of hydrogen-bond acceptors (Lipinski definition) is 5. The van der Waals surface area contributed by atoms with Gasteiger partial charge in [-0.15, -0.1) is 0 Å². The van der Waals surface area contributed by atoms with E-state index in [0.717, 1.165) is 43.3 Å². The molecule has 28 heavy (non-hydrogen) atoms. The highest BCUT2D eigenvalue weighted by Crippen LogP contribution is 2.39. The minimum absolute atomic E-state index is 0.572. The summed E-state index contributed by atoms with van der Waals surface area (Å²) in [6.45, 7) is 4.77. The summed E-state index contributed by atoms with van der Waals surface area (Å²) in [6.07, 6.45) is 1.82. The molecule has 1 fully saturated rings. The molecule has 0 aliphatic carbocycles. The van der Waals surface area contributed by atoms with E-state index >= 15 is 0 Å². The van der Waals surface area contributed by atoms with Crippen molar-refractivity contribution in [2.75, 3.05) is 47.5 Å². The molecule has 0 spiro atoms. The Hall–Kier alpha value is -2.44. The van der Waals surface area contributed by atoms with Crippen LogP contribution in [0, 0.1) is 0 Å². The van der Waals surface area contributed by atoms with Gasteiger partial charge in [0.05, 0.1) is 53.7 Å². The zero-order valence-electron chi connectivity index (χ0n) is 16.6. The van der Waals surface area contributed by atoms with Crippen LogP contribution in [0.3, 0.4) is 0 Å². The molecule has 1 heterocycles. The van der Waals surface area contributed by atoms with Crippen LogP contribution >= 0.6 is 11.6 Å². The lowest BCUT2D eigenvalue weighted by molar-refractivity contribution is -0.918. The lowest BCUT2D eigenvalue weighted by Gasteiger charge is -2.30. The zero-order valence-corrected chi connectivity index (χ0v) is 17.3. The Bertz CT molecular complexity index is 821. The lowest BCUT2D eigenvalue weighted by atomic mass is 10.2. The highest BCUT2D eigenvalue weighted by atomic mass is 35.5. The van der Waals surface area contributed by atoms with E-state index < -0.39 is 0 Å². The number of piperazine rings is 1. The molecule has 7 heteroatoms. The first-order valence-corrected chi connectivity index (χ1v) is 9.69. The fourth-order valence-corrected chi connectivity index (χ4v) is 3.59. The summed E-state index contributed by atoms with van der Waals surface area (Å²) in [5.74, 6) is 1.82. The van der Waals surface area contributed by atoms with Gasteiger partial charge in [-0.3, -0.25) is 5.01 Å². The molecule has 3 rings (SSSR count). The van der Waals surface area contributed by atoms with Crippen molar-refractivity contribution in [1.82, 2.24) is 5.01 Å². The number of halogens is 1. The molecule has 0 unspecified atom stereocenters. The Morgan fingerprint density at radius 3 is 2.36 bits per heavy atom. The highest BCUT2D eigenvalue weighted by Gasteiger charge is 2.20. The molecule has 1 saturated heterocycles. The monoisotopic (exact) mass is 404 g/mol. The van der Waals surface area contributed by atoms with Crippen LogP contribution in [0.15, 0.2) is 41.5 Å². The van der Waals surface area contributed by atoms with Gasteiger partial charge in [-0.1, -0.05) is 29.8 Å². The summed E-state index contributed by atoms with van der Waals surface area (Å²) in [7, 11) is 4.82. The largest absolute Gasteiger partial charge is 0.493 e. The third kappa shape index (κ3) is 4.69. The third-order valence-electron chi connectivity index (χ3n) is 4.94. The van der Waals surface area contributed by atoms with Gasteiger partial charge in [-0.05, 0) is 18.2 Å². The SMILES string of the molecule is COc1ccc(/C=N\N2CC[NH+](Cc3ccccc3Cl)CC2)c(OC)c1OC. The Labute approximate surface area is 171 Å². The Morgan fingerprint density at radius 2 is 1.71 bits per heavy atom. The molecule has 0 amide bonds. The quantitative estimate of drug-likeness (QED) is 0.718. The van der Waals surface area contributed by atoms with Crippen LogP contribution in [0.5, 0.6) is 17.2 Å². The van der Waals surface area contributed by atoms with Crippen molar-refractivity contribution in [2.45, 2.75) is 6.54 Å². The lowest BCUT2D eigenvalue weighted by Crippen LogP contribution is -3.13. The van der Waals surface area contributed by atoms with Crippen LogP contribution in [-0.2, 0) is 6.54 Å². The number of ether oxygens (including phenoxy) is 3. The number of nitrogens with zero attached hydrogens (tertiary/aromatic N) is 2. The van der Waals surface area contributed by atoms with Gasteiger partial charge in [0.1, 0.15) is 6.54 Å². The maximum Gasteiger partial charge on any atom is 0.203 e. The standard InChI is InChI=1S/C21H26ClN3O3/c1-26-19-9-8-16(20(27-2)21(19)28-3)14-23-25-12-10-24(11-13-25)15-17-6-4-5-7-18(17)22/h4-9,14H,10-13,15H2,1-3H3/p+1/b23-14-. The molecule has 0 aromatic heterocycles. The molecule has 6 nitrogen and oxygen atoms in total. The van der Waals surface area contributed by atoms with Crippen molar-refractivity contribution < 1.29 is 19.1 Å². The minimum atomic E-state index is 0.572. The maximum absolute atomic E-state index is 6.29. The van der Waals surface area contributed by atoms with Gasteiger partial charge in [0.25, 0.3) is 0 Å². The molecule has 150 valence electrons. The van der Waals surface area contributed by atoms with Gasteiger partial charge in [0.2, 0.25) is 5.75 Å². The van der Waals surface area contributed by atoms with E-state index in [2.05, 4.69) is 16.2 Å². The Morgan fingerprint density at radius 1 is 1.00 bits per heavy atom. The molecule has 0 radical (unpaired) electrons. The molecule has 1 aliphatic rings. The van der Waals surface area contributed by atoms with E-state index in [1.807, 2.05) is 36.5 Å². The van der Waals surface area contributed by atoms with E-state index in [0.29, 0.717) is 17.2 Å². The van der Waals surface area contributed by atoms with Crippen LogP contribution in [0.1, 0.15) is 11.1 Å². The number of nitrogens with one attached hydrogen (secondary N) is 1. The topological polar surface area (TPSA) is 47.7 Å². The maximum atomic E-state index is 6.29. The molecule has 0 atom stereocenters. The van der Waals surface area contributed by atoms with Crippen LogP contribution in [0.2, 0.25) is 5.02 Å². The number of hydrogen-bond donors (Lipinski definition) is 1. The van der Waals surface area contributed by atoms with Crippen molar-refractivity contribution in [3.8, 4) is 17.2 Å². The van der Waals surface area contributed by atoms with Gasteiger partial charge < -0.3 is 19.1 Å². The smallest absolute Gasteiger partial charge is 0.203 e. The molecular formula is C21H27ClN3O3+. The van der Waals surface area contributed by atoms with E-state index in [9.17, 15) is 0 Å². The number of quaternary nitrogens is 1. The number of benzene rings is 2. The predicted octanol–water partition coefficient (Wildman–Crippen LogP) is 2.10. The fraction of sp³-hybridized carbons (Fsp3) is 0.381. The number of hydrazone groups is 1. The van der Waals surface area contributed by atoms with Crippen LogP contribution in [0.25, 0.3) is 0 Å².